The molecule has 0 bridgehead atoms. The molecule has 0 aromatic carbocycles. The van der Waals surface area contributed by atoms with Crippen LogP contribution in [0.25, 0.3) is 0 Å². The van der Waals surface area contributed by atoms with Crippen LogP contribution in [0, 0.1) is 11.3 Å². The van der Waals surface area contributed by atoms with Gasteiger partial charge in [-0.3, -0.25) is 4.79 Å². The van der Waals surface area contributed by atoms with Crippen LogP contribution in [-0.2, 0) is 4.79 Å². The molecule has 88 valence electrons. The smallest absolute Gasteiger partial charge is 0.227 e. The van der Waals surface area contributed by atoms with Crippen LogP contribution in [0.2, 0.25) is 0 Å². The van der Waals surface area contributed by atoms with E-state index < -0.39 is 0 Å². The molecule has 1 atom stereocenters. The van der Waals surface area contributed by atoms with Crippen LogP contribution >= 0.6 is 0 Å². The summed E-state index contributed by atoms with van der Waals surface area (Å²) < 4.78 is 0. The molecule has 15 heavy (non-hydrogen) atoms. The zero-order chi connectivity index (χ0) is 11.3. The fourth-order valence-corrected chi connectivity index (χ4v) is 2.23. The summed E-state index contributed by atoms with van der Waals surface area (Å²) in [7, 11) is 0. The van der Waals surface area contributed by atoms with Crippen LogP contribution in [-0.4, -0.2) is 25.5 Å². The zero-order valence-electron chi connectivity index (χ0n) is 10.2. The van der Waals surface area contributed by atoms with E-state index in [1.54, 1.807) is 0 Å². The summed E-state index contributed by atoms with van der Waals surface area (Å²) in [5, 5.41) is 6.38. The molecule has 0 radical (unpaired) electrons. The number of carbonyl (C=O) groups excluding carboxylic acids is 1. The Bertz CT molecular complexity index is 208. The largest absolute Gasteiger partial charge is 0.355 e. The molecule has 0 saturated carbocycles. The Labute approximate surface area is 93.0 Å². The Kier molecular flexibility index (Phi) is 4.58. The number of carbonyl (C=O) groups is 1. The lowest BCUT2D eigenvalue weighted by molar-refractivity contribution is -0.130. The Hall–Kier alpha value is -0.570. The first-order valence-electron chi connectivity index (χ1n) is 6.10. The van der Waals surface area contributed by atoms with Crippen molar-refractivity contribution in [2.45, 2.75) is 40.0 Å². The Morgan fingerprint density at radius 1 is 1.53 bits per heavy atom. The van der Waals surface area contributed by atoms with Crippen molar-refractivity contribution in [2.24, 2.45) is 11.3 Å². The highest BCUT2D eigenvalue weighted by atomic mass is 16.2. The van der Waals surface area contributed by atoms with E-state index >= 15 is 0 Å². The van der Waals surface area contributed by atoms with Crippen LogP contribution in [0.4, 0.5) is 0 Å². The number of hydrogen-bond donors (Lipinski definition) is 2. The molecule has 1 fully saturated rings. The standard InChI is InChI=1S/C12H24N2O/c1-4-5-12(6-7-13-9-12)11(15)14-8-10(2)3/h10,13H,4-9H2,1-3H3,(H,14,15). The number of rotatable bonds is 5. The monoisotopic (exact) mass is 212 g/mol. The number of hydrogen-bond acceptors (Lipinski definition) is 2. The molecule has 0 aromatic heterocycles. The lowest BCUT2D eigenvalue weighted by Crippen LogP contribution is -2.43. The van der Waals surface area contributed by atoms with Crippen molar-refractivity contribution in [1.82, 2.24) is 10.6 Å². The molecule has 1 aliphatic heterocycles. The molecule has 1 saturated heterocycles. The van der Waals surface area contributed by atoms with Gasteiger partial charge in [-0.15, -0.1) is 0 Å². The van der Waals surface area contributed by atoms with Gasteiger partial charge in [0.25, 0.3) is 0 Å². The minimum atomic E-state index is -0.121. The van der Waals surface area contributed by atoms with E-state index in [1.165, 1.54) is 0 Å². The van der Waals surface area contributed by atoms with E-state index in [4.69, 9.17) is 0 Å². The lowest BCUT2D eigenvalue weighted by atomic mass is 9.81. The minimum Gasteiger partial charge on any atom is -0.355 e. The number of nitrogens with one attached hydrogen (secondary N) is 2. The molecule has 0 aromatic rings. The van der Waals surface area contributed by atoms with Crippen molar-refractivity contribution in [3.05, 3.63) is 0 Å². The van der Waals surface area contributed by atoms with Crippen LogP contribution in [0.1, 0.15) is 40.0 Å². The highest BCUT2D eigenvalue weighted by Gasteiger charge is 2.39. The molecule has 0 aliphatic carbocycles. The molecule has 2 N–H and O–H groups in total. The van der Waals surface area contributed by atoms with Gasteiger partial charge >= 0.3 is 0 Å². The summed E-state index contributed by atoms with van der Waals surface area (Å²) in [6.45, 7) is 9.03. The highest BCUT2D eigenvalue weighted by Crippen LogP contribution is 2.31. The molecule has 3 nitrogen and oxygen atoms in total. The third kappa shape index (κ3) is 3.20. The van der Waals surface area contributed by atoms with Gasteiger partial charge in [-0.1, -0.05) is 27.2 Å². The Balaban J connectivity index is 2.51. The predicted octanol–water partition coefficient (Wildman–Crippen LogP) is 1.54. The topological polar surface area (TPSA) is 41.1 Å². The lowest BCUT2D eigenvalue weighted by Gasteiger charge is -2.26. The minimum absolute atomic E-state index is 0.121. The van der Waals surface area contributed by atoms with Crippen LogP contribution in [0.5, 0.6) is 0 Å². The van der Waals surface area contributed by atoms with Crippen LogP contribution in [0.15, 0.2) is 0 Å². The second-order valence-corrected chi connectivity index (χ2v) is 5.06. The maximum Gasteiger partial charge on any atom is 0.227 e. The molecular formula is C12H24N2O. The van der Waals surface area contributed by atoms with E-state index in [-0.39, 0.29) is 11.3 Å². The molecule has 1 aliphatic rings. The predicted molar refractivity (Wildman–Crippen MR) is 62.7 cm³/mol. The molecule has 1 amide bonds. The summed E-state index contributed by atoms with van der Waals surface area (Å²) >= 11 is 0. The van der Waals surface area contributed by atoms with Gasteiger partial charge in [0.05, 0.1) is 5.41 Å². The van der Waals surface area contributed by atoms with Gasteiger partial charge in [-0.25, -0.2) is 0 Å². The van der Waals surface area contributed by atoms with E-state index in [1.807, 2.05) is 0 Å². The maximum absolute atomic E-state index is 12.1. The van der Waals surface area contributed by atoms with E-state index in [0.29, 0.717) is 5.92 Å². The first kappa shape index (κ1) is 12.5. The Morgan fingerprint density at radius 2 is 2.27 bits per heavy atom. The van der Waals surface area contributed by atoms with Crippen molar-refractivity contribution in [2.75, 3.05) is 19.6 Å². The van der Waals surface area contributed by atoms with Crippen molar-refractivity contribution >= 4 is 5.91 Å². The first-order chi connectivity index (χ1) is 7.10. The molecule has 1 heterocycles. The van der Waals surface area contributed by atoms with Gasteiger partial charge in [-0.2, -0.15) is 0 Å². The van der Waals surface area contributed by atoms with Gasteiger partial charge in [0, 0.05) is 13.1 Å². The Morgan fingerprint density at radius 3 is 2.73 bits per heavy atom. The van der Waals surface area contributed by atoms with Gasteiger partial charge in [-0.05, 0) is 25.3 Å². The first-order valence-corrected chi connectivity index (χ1v) is 6.10. The number of amides is 1. The van der Waals surface area contributed by atoms with Gasteiger partial charge in [0.15, 0.2) is 0 Å². The fraction of sp³-hybridized carbons (Fsp3) is 0.917. The summed E-state index contributed by atoms with van der Waals surface area (Å²) in [5.41, 5.74) is -0.121. The summed E-state index contributed by atoms with van der Waals surface area (Å²) in [6, 6.07) is 0. The molecule has 1 rings (SSSR count). The second kappa shape index (κ2) is 5.50. The zero-order valence-corrected chi connectivity index (χ0v) is 10.2. The third-order valence-electron chi connectivity index (χ3n) is 3.12. The summed E-state index contributed by atoms with van der Waals surface area (Å²) in [5.74, 6) is 0.782. The quantitative estimate of drug-likeness (QED) is 0.726. The summed E-state index contributed by atoms with van der Waals surface area (Å²) in [6.07, 6.45) is 3.07. The van der Waals surface area contributed by atoms with Gasteiger partial charge in [0.1, 0.15) is 0 Å². The van der Waals surface area contributed by atoms with Crippen molar-refractivity contribution in [1.29, 1.82) is 0 Å². The van der Waals surface area contributed by atoms with E-state index in [9.17, 15) is 4.79 Å². The van der Waals surface area contributed by atoms with Gasteiger partial charge in [0.2, 0.25) is 5.91 Å². The van der Waals surface area contributed by atoms with E-state index in [0.717, 1.165) is 38.9 Å². The highest BCUT2D eigenvalue weighted by molar-refractivity contribution is 5.83. The average molecular weight is 212 g/mol. The van der Waals surface area contributed by atoms with Crippen molar-refractivity contribution in [3.63, 3.8) is 0 Å². The molecule has 0 spiro atoms. The fourth-order valence-electron chi connectivity index (χ4n) is 2.23. The molecular weight excluding hydrogens is 188 g/mol. The molecule has 3 heteroatoms. The van der Waals surface area contributed by atoms with E-state index in [2.05, 4.69) is 31.4 Å². The van der Waals surface area contributed by atoms with Gasteiger partial charge < -0.3 is 10.6 Å². The SMILES string of the molecule is CCCC1(C(=O)NCC(C)C)CCNC1. The second-order valence-electron chi connectivity index (χ2n) is 5.06. The van der Waals surface area contributed by atoms with Crippen molar-refractivity contribution in [3.8, 4) is 0 Å². The van der Waals surface area contributed by atoms with Crippen LogP contribution in [0.3, 0.4) is 0 Å². The molecule has 1 unspecified atom stereocenters. The normalized spacial score (nSPS) is 25.9. The maximum atomic E-state index is 12.1. The summed E-state index contributed by atoms with van der Waals surface area (Å²) in [4.78, 5) is 12.1. The van der Waals surface area contributed by atoms with Crippen molar-refractivity contribution < 1.29 is 4.79 Å². The third-order valence-corrected chi connectivity index (χ3v) is 3.12. The average Bonchev–Trinajstić information content (AvgIpc) is 2.64. The van der Waals surface area contributed by atoms with Crippen LogP contribution < -0.4 is 10.6 Å².